The first-order valence-corrected chi connectivity index (χ1v) is 7.18. The molecule has 0 N–H and O–H groups in total. The zero-order valence-corrected chi connectivity index (χ0v) is 11.3. The number of ether oxygens (including phenoxy) is 1. The van der Waals surface area contributed by atoms with Gasteiger partial charge in [0.2, 0.25) is 0 Å². The summed E-state index contributed by atoms with van der Waals surface area (Å²) >= 11 is 1.85. The van der Waals surface area contributed by atoms with Crippen LogP contribution in [-0.2, 0) is 5.75 Å². The van der Waals surface area contributed by atoms with Gasteiger partial charge in [-0.3, -0.25) is 0 Å². The lowest BCUT2D eigenvalue weighted by atomic mass is 10.3. The second-order valence-corrected chi connectivity index (χ2v) is 5.10. The first kappa shape index (κ1) is 13.0. The summed E-state index contributed by atoms with van der Waals surface area (Å²) in [4.78, 5) is 0. The Morgan fingerprint density at radius 2 is 2.11 bits per heavy atom. The predicted molar refractivity (Wildman–Crippen MR) is 74.0 cm³/mol. The molecule has 1 heterocycles. The van der Waals surface area contributed by atoms with Crippen molar-refractivity contribution in [1.82, 2.24) is 5.16 Å². The van der Waals surface area contributed by atoms with Crippen molar-refractivity contribution in [3.05, 3.63) is 47.9 Å². The number of hydrogen-bond donors (Lipinski definition) is 0. The number of para-hydroxylation sites is 1. The van der Waals surface area contributed by atoms with E-state index in [2.05, 4.69) is 5.16 Å². The lowest BCUT2D eigenvalue weighted by Crippen LogP contribution is -1.98. The molecule has 0 unspecified atom stereocenters. The average Bonchev–Trinajstić information content (AvgIpc) is 2.81. The molecule has 2 rings (SSSR count). The Balaban J connectivity index is 1.54. The zero-order chi connectivity index (χ0) is 12.6. The largest absolute Gasteiger partial charge is 0.494 e. The molecule has 1 aromatic heterocycles. The van der Waals surface area contributed by atoms with Crippen LogP contribution in [0.3, 0.4) is 0 Å². The Labute approximate surface area is 112 Å². The van der Waals surface area contributed by atoms with Crippen molar-refractivity contribution in [2.45, 2.75) is 19.1 Å². The van der Waals surface area contributed by atoms with E-state index in [-0.39, 0.29) is 0 Å². The highest BCUT2D eigenvalue weighted by Crippen LogP contribution is 2.14. The van der Waals surface area contributed by atoms with Crippen LogP contribution in [0.2, 0.25) is 0 Å². The minimum atomic E-state index is 0.759. The van der Waals surface area contributed by atoms with Crippen molar-refractivity contribution in [2.24, 2.45) is 0 Å². The summed E-state index contributed by atoms with van der Waals surface area (Å²) in [6.07, 6.45) is 1.04. The van der Waals surface area contributed by atoms with E-state index in [4.69, 9.17) is 9.26 Å². The van der Waals surface area contributed by atoms with Crippen LogP contribution in [0.5, 0.6) is 5.75 Å². The quantitative estimate of drug-likeness (QED) is 0.714. The number of nitrogens with zero attached hydrogens (tertiary/aromatic N) is 1. The van der Waals surface area contributed by atoms with Crippen molar-refractivity contribution < 1.29 is 9.26 Å². The maximum atomic E-state index is 5.61. The third kappa shape index (κ3) is 4.45. The summed E-state index contributed by atoms with van der Waals surface area (Å²) in [6.45, 7) is 2.67. The van der Waals surface area contributed by atoms with Crippen LogP contribution in [0.15, 0.2) is 40.9 Å². The van der Waals surface area contributed by atoms with Gasteiger partial charge in [0.25, 0.3) is 0 Å². The van der Waals surface area contributed by atoms with Crippen molar-refractivity contribution in [1.29, 1.82) is 0 Å². The number of aryl methyl sites for hydroxylation is 1. The molecule has 1 aromatic carbocycles. The van der Waals surface area contributed by atoms with E-state index in [9.17, 15) is 0 Å². The van der Waals surface area contributed by atoms with Crippen molar-refractivity contribution >= 4 is 11.8 Å². The molecular formula is C14H17NO2S. The van der Waals surface area contributed by atoms with Gasteiger partial charge < -0.3 is 9.26 Å². The molecule has 0 atom stereocenters. The van der Waals surface area contributed by atoms with Crippen molar-refractivity contribution in [2.75, 3.05) is 12.4 Å². The summed E-state index contributed by atoms with van der Waals surface area (Å²) in [6, 6.07) is 11.9. The van der Waals surface area contributed by atoms with Gasteiger partial charge in [-0.1, -0.05) is 23.4 Å². The summed E-state index contributed by atoms with van der Waals surface area (Å²) < 4.78 is 10.6. The van der Waals surface area contributed by atoms with Crippen LogP contribution in [0.4, 0.5) is 0 Å². The molecule has 2 aromatic rings. The van der Waals surface area contributed by atoms with Crippen LogP contribution in [-0.4, -0.2) is 17.5 Å². The second-order valence-electron chi connectivity index (χ2n) is 4.00. The maximum absolute atomic E-state index is 5.61. The molecule has 0 aliphatic carbocycles. The van der Waals surface area contributed by atoms with Gasteiger partial charge in [0, 0.05) is 11.8 Å². The fraction of sp³-hybridized carbons (Fsp3) is 0.357. The minimum Gasteiger partial charge on any atom is -0.494 e. The summed E-state index contributed by atoms with van der Waals surface area (Å²) in [5.74, 6) is 3.79. The van der Waals surface area contributed by atoms with Gasteiger partial charge in [0.15, 0.2) is 0 Å². The van der Waals surface area contributed by atoms with E-state index in [1.165, 1.54) is 0 Å². The molecule has 0 radical (unpaired) electrons. The Hall–Kier alpha value is -1.42. The van der Waals surface area contributed by atoms with Gasteiger partial charge in [-0.15, -0.1) is 0 Å². The highest BCUT2D eigenvalue weighted by Gasteiger charge is 2.00. The van der Waals surface area contributed by atoms with E-state index in [1.807, 2.05) is 55.1 Å². The minimum absolute atomic E-state index is 0.759. The monoisotopic (exact) mass is 263 g/mol. The highest BCUT2D eigenvalue weighted by atomic mass is 32.2. The van der Waals surface area contributed by atoms with Gasteiger partial charge in [-0.2, -0.15) is 11.8 Å². The number of aromatic nitrogens is 1. The van der Waals surface area contributed by atoms with E-state index in [1.54, 1.807) is 0 Å². The van der Waals surface area contributed by atoms with E-state index in [0.29, 0.717) is 0 Å². The molecule has 0 saturated heterocycles. The Morgan fingerprint density at radius 3 is 2.83 bits per heavy atom. The smallest absolute Gasteiger partial charge is 0.133 e. The van der Waals surface area contributed by atoms with Crippen LogP contribution in [0.25, 0.3) is 0 Å². The highest BCUT2D eigenvalue weighted by molar-refractivity contribution is 7.98. The Kier molecular flexibility index (Phi) is 5.15. The third-order valence-corrected chi connectivity index (χ3v) is 3.45. The molecular weight excluding hydrogens is 246 g/mol. The number of thioether (sulfide) groups is 1. The molecule has 0 aliphatic heterocycles. The fourth-order valence-corrected chi connectivity index (χ4v) is 2.34. The van der Waals surface area contributed by atoms with Crippen molar-refractivity contribution in [3.8, 4) is 5.75 Å². The first-order valence-electron chi connectivity index (χ1n) is 6.02. The zero-order valence-electron chi connectivity index (χ0n) is 10.5. The normalized spacial score (nSPS) is 10.5. The Morgan fingerprint density at radius 1 is 1.28 bits per heavy atom. The molecule has 3 nitrogen and oxygen atoms in total. The number of hydrogen-bond acceptors (Lipinski definition) is 4. The first-order chi connectivity index (χ1) is 8.84. The van der Waals surface area contributed by atoms with E-state index >= 15 is 0 Å². The molecule has 0 aliphatic rings. The molecule has 0 amide bonds. The molecule has 0 bridgehead atoms. The number of rotatable bonds is 7. The standard InChI is InChI=1S/C14H17NO2S/c1-12-10-13(15-17-12)11-18-9-5-8-16-14-6-3-2-4-7-14/h2-4,6-7,10H,5,8-9,11H2,1H3. The SMILES string of the molecule is Cc1cc(CSCCCOc2ccccc2)no1. The lowest BCUT2D eigenvalue weighted by molar-refractivity contribution is 0.318. The molecule has 0 spiro atoms. The topological polar surface area (TPSA) is 35.3 Å². The summed E-state index contributed by atoms with van der Waals surface area (Å²) in [5, 5.41) is 3.95. The van der Waals surface area contributed by atoms with Gasteiger partial charge in [-0.25, -0.2) is 0 Å². The average molecular weight is 263 g/mol. The molecule has 18 heavy (non-hydrogen) atoms. The van der Waals surface area contributed by atoms with Crippen LogP contribution in [0, 0.1) is 6.92 Å². The molecule has 0 fully saturated rings. The maximum Gasteiger partial charge on any atom is 0.133 e. The second kappa shape index (κ2) is 7.11. The van der Waals surface area contributed by atoms with Gasteiger partial charge >= 0.3 is 0 Å². The van der Waals surface area contributed by atoms with Gasteiger partial charge in [0.05, 0.1) is 12.3 Å². The lowest BCUT2D eigenvalue weighted by Gasteiger charge is -2.04. The fourth-order valence-electron chi connectivity index (χ4n) is 1.53. The van der Waals surface area contributed by atoms with Crippen molar-refractivity contribution in [3.63, 3.8) is 0 Å². The van der Waals surface area contributed by atoms with Gasteiger partial charge in [-0.05, 0) is 31.2 Å². The summed E-state index contributed by atoms with van der Waals surface area (Å²) in [5.41, 5.74) is 1.02. The Bertz CT molecular complexity index is 456. The molecule has 4 heteroatoms. The van der Waals surface area contributed by atoms with Crippen LogP contribution in [0.1, 0.15) is 17.9 Å². The number of benzene rings is 1. The van der Waals surface area contributed by atoms with Gasteiger partial charge in [0.1, 0.15) is 11.5 Å². The molecule has 96 valence electrons. The third-order valence-electron chi connectivity index (χ3n) is 2.37. The summed E-state index contributed by atoms with van der Waals surface area (Å²) in [7, 11) is 0. The van der Waals surface area contributed by atoms with E-state index < -0.39 is 0 Å². The van der Waals surface area contributed by atoms with E-state index in [0.717, 1.165) is 41.7 Å². The predicted octanol–water partition coefficient (Wildman–Crippen LogP) is 3.69. The molecule has 0 saturated carbocycles. The van der Waals surface area contributed by atoms with Crippen LogP contribution < -0.4 is 4.74 Å². The van der Waals surface area contributed by atoms with Crippen LogP contribution >= 0.6 is 11.8 Å².